The SMILES string of the molecule is Cl.Nc1nc(/C(=N\OCC(=O)N/N=C/c2ccc(O)c(O)c2)C(=O)NC2C(=O)N3C(C(=O)O)=C(CSc4nncs4)CSC23)cs1. The zero-order chi connectivity index (χ0) is 32.1. The number of phenolic OH excluding ortho intramolecular Hbond substituents is 2. The number of carboxylic acid groups (broad SMARTS) is 1. The number of halogens is 1. The van der Waals surface area contributed by atoms with Crippen LogP contribution in [-0.4, -0.2) is 101 Å². The second-order valence-corrected chi connectivity index (χ2v) is 13.0. The summed E-state index contributed by atoms with van der Waals surface area (Å²) in [5.41, 5.74) is 9.91. The van der Waals surface area contributed by atoms with Gasteiger partial charge in [-0.05, 0) is 29.3 Å². The molecule has 2 unspecified atom stereocenters. The molecule has 7 N–H and O–H groups in total. The van der Waals surface area contributed by atoms with Crippen LogP contribution in [0.4, 0.5) is 5.13 Å². The van der Waals surface area contributed by atoms with Crippen molar-refractivity contribution in [2.45, 2.75) is 15.8 Å². The lowest BCUT2D eigenvalue weighted by Crippen LogP contribution is -2.71. The predicted molar refractivity (Wildman–Crippen MR) is 172 cm³/mol. The summed E-state index contributed by atoms with van der Waals surface area (Å²) in [6, 6.07) is 2.87. The molecule has 2 aromatic heterocycles. The van der Waals surface area contributed by atoms with E-state index >= 15 is 0 Å². The van der Waals surface area contributed by atoms with Crippen molar-refractivity contribution >= 4 is 99.4 Å². The smallest absolute Gasteiger partial charge is 0.352 e. The van der Waals surface area contributed by atoms with Gasteiger partial charge in [-0.1, -0.05) is 28.3 Å². The lowest BCUT2D eigenvalue weighted by molar-refractivity contribution is -0.150. The quantitative estimate of drug-likeness (QED) is 0.0497. The minimum Gasteiger partial charge on any atom is -0.504 e. The van der Waals surface area contributed by atoms with Gasteiger partial charge in [-0.3, -0.25) is 19.3 Å². The van der Waals surface area contributed by atoms with Gasteiger partial charge in [0.05, 0.1) is 6.21 Å². The molecule has 4 heterocycles. The highest BCUT2D eigenvalue weighted by Crippen LogP contribution is 2.41. The second kappa shape index (κ2) is 15.2. The van der Waals surface area contributed by atoms with Crippen molar-refractivity contribution in [1.82, 2.24) is 30.8 Å². The Morgan fingerprint density at radius 1 is 1.24 bits per heavy atom. The van der Waals surface area contributed by atoms with Gasteiger partial charge in [0.2, 0.25) is 0 Å². The average Bonchev–Trinajstić information content (AvgIpc) is 3.70. The molecule has 0 saturated carbocycles. The van der Waals surface area contributed by atoms with Crippen LogP contribution in [0.5, 0.6) is 11.5 Å². The van der Waals surface area contributed by atoms with Gasteiger partial charge in [0, 0.05) is 16.9 Å². The molecule has 1 aromatic carbocycles. The molecule has 0 spiro atoms. The first-order chi connectivity index (χ1) is 21.6. The summed E-state index contributed by atoms with van der Waals surface area (Å²) in [7, 11) is 0. The number of phenols is 2. The topological polar surface area (TPSA) is 255 Å². The van der Waals surface area contributed by atoms with Crippen LogP contribution in [0.25, 0.3) is 0 Å². The first-order valence-electron chi connectivity index (χ1n) is 12.5. The van der Waals surface area contributed by atoms with E-state index in [1.165, 1.54) is 64.7 Å². The van der Waals surface area contributed by atoms with Crippen LogP contribution in [0, 0.1) is 0 Å². The fraction of sp³-hybridized carbons (Fsp3) is 0.208. The second-order valence-electron chi connectivity index (χ2n) is 8.94. The van der Waals surface area contributed by atoms with Crippen molar-refractivity contribution in [2.24, 2.45) is 10.3 Å². The van der Waals surface area contributed by atoms with Gasteiger partial charge in [0.15, 0.2) is 33.3 Å². The van der Waals surface area contributed by atoms with Crippen molar-refractivity contribution in [3.63, 3.8) is 0 Å². The number of aromatic hydroxyl groups is 2. The molecule has 0 radical (unpaired) electrons. The first kappa shape index (κ1) is 34.4. The number of hydrazone groups is 1. The number of nitrogens with two attached hydrogens (primary N) is 1. The van der Waals surface area contributed by atoms with E-state index in [-0.39, 0.29) is 46.1 Å². The van der Waals surface area contributed by atoms with Gasteiger partial charge in [0.25, 0.3) is 17.7 Å². The Hall–Kier alpha value is -4.44. The molecule has 242 valence electrons. The summed E-state index contributed by atoms with van der Waals surface area (Å²) in [5, 5.41) is 47.4. The van der Waals surface area contributed by atoms with E-state index in [0.29, 0.717) is 27.0 Å². The van der Waals surface area contributed by atoms with Gasteiger partial charge in [-0.2, -0.15) is 5.10 Å². The van der Waals surface area contributed by atoms with Crippen LogP contribution in [-0.2, 0) is 24.0 Å². The Labute approximate surface area is 281 Å². The standard InChI is InChI=1S/C24H21N9O8S4.ClH/c25-23-28-12(8-43-23)16(32-41-5-15(36)30-26-4-10-1-2-13(34)14(35)3-10)19(37)29-17-20(38)33-18(22(39)40)11(6-42-21(17)33)7-44-24-31-27-9-45-24;/h1-4,8-9,17,21,34-35H,5-7H2,(H2,25,28)(H,29,37)(H,30,36)(H,39,40);1H/b26-4+,32-16+;. The summed E-state index contributed by atoms with van der Waals surface area (Å²) in [4.78, 5) is 60.9. The lowest BCUT2D eigenvalue weighted by atomic mass is 10.0. The molecule has 2 aliphatic heterocycles. The van der Waals surface area contributed by atoms with Gasteiger partial charge < -0.3 is 31.2 Å². The number of hydrogen-bond donors (Lipinski definition) is 6. The molecular formula is C24H22ClN9O8S4. The number of fused-ring (bicyclic) bond motifs is 1. The largest absolute Gasteiger partial charge is 0.504 e. The minimum absolute atomic E-state index is 0. The van der Waals surface area contributed by atoms with E-state index in [1.807, 2.05) is 0 Å². The Kier molecular flexibility index (Phi) is 11.4. The fourth-order valence-electron chi connectivity index (χ4n) is 3.97. The third-order valence-electron chi connectivity index (χ3n) is 5.98. The Morgan fingerprint density at radius 3 is 2.72 bits per heavy atom. The number of oxime groups is 1. The van der Waals surface area contributed by atoms with E-state index in [1.54, 1.807) is 5.51 Å². The van der Waals surface area contributed by atoms with E-state index in [2.05, 4.69) is 36.2 Å². The number of β-lactam (4-membered cyclic amide) rings is 1. The number of nitrogens with one attached hydrogen (secondary N) is 2. The summed E-state index contributed by atoms with van der Waals surface area (Å²) in [5.74, 6) is -3.54. The molecule has 2 aliphatic rings. The zero-order valence-corrected chi connectivity index (χ0v) is 27.0. The van der Waals surface area contributed by atoms with E-state index in [9.17, 15) is 34.5 Å². The Morgan fingerprint density at radius 2 is 2.04 bits per heavy atom. The van der Waals surface area contributed by atoms with E-state index in [4.69, 9.17) is 10.6 Å². The zero-order valence-electron chi connectivity index (χ0n) is 22.9. The molecular weight excluding hydrogens is 706 g/mol. The van der Waals surface area contributed by atoms with Crippen molar-refractivity contribution < 1.29 is 39.3 Å². The molecule has 1 fully saturated rings. The van der Waals surface area contributed by atoms with Gasteiger partial charge >= 0.3 is 5.97 Å². The maximum Gasteiger partial charge on any atom is 0.352 e. The predicted octanol–water partition coefficient (Wildman–Crippen LogP) is 0.812. The number of aromatic nitrogens is 3. The Balaban J connectivity index is 0.00000480. The molecule has 46 heavy (non-hydrogen) atoms. The molecule has 0 aliphatic carbocycles. The third kappa shape index (κ3) is 7.85. The number of carbonyl (C=O) groups excluding carboxylic acids is 3. The van der Waals surface area contributed by atoms with E-state index < -0.39 is 41.7 Å². The molecule has 5 rings (SSSR count). The number of rotatable bonds is 12. The van der Waals surface area contributed by atoms with Crippen LogP contribution in [0.2, 0.25) is 0 Å². The highest BCUT2D eigenvalue weighted by Gasteiger charge is 2.54. The number of aliphatic carboxylic acids is 1. The van der Waals surface area contributed by atoms with Crippen LogP contribution < -0.4 is 16.5 Å². The number of hydrogen-bond acceptors (Lipinski definition) is 17. The van der Waals surface area contributed by atoms with Crippen LogP contribution >= 0.6 is 58.6 Å². The van der Waals surface area contributed by atoms with Gasteiger partial charge in [-0.25, -0.2) is 15.2 Å². The Bertz CT molecular complexity index is 1730. The van der Waals surface area contributed by atoms with Crippen molar-refractivity contribution in [3.05, 3.63) is 51.6 Å². The number of anilines is 1. The molecule has 17 nitrogen and oxygen atoms in total. The van der Waals surface area contributed by atoms with Crippen LogP contribution in [0.3, 0.4) is 0 Å². The number of amides is 3. The van der Waals surface area contributed by atoms with Gasteiger partial charge in [0.1, 0.15) is 28.3 Å². The number of nitrogens with zero attached hydrogens (tertiary/aromatic N) is 6. The summed E-state index contributed by atoms with van der Waals surface area (Å²) in [6.45, 7) is -0.659. The van der Waals surface area contributed by atoms with Gasteiger partial charge in [-0.15, -0.1) is 45.7 Å². The summed E-state index contributed by atoms with van der Waals surface area (Å²) >= 11 is 4.96. The number of thioether (sulfide) groups is 2. The number of nitrogen functional groups attached to an aromatic ring is 1. The summed E-state index contributed by atoms with van der Waals surface area (Å²) in [6.07, 6.45) is 1.21. The van der Waals surface area contributed by atoms with Crippen LogP contribution in [0.1, 0.15) is 11.3 Å². The third-order valence-corrected chi connectivity index (χ3v) is 9.94. The number of benzene rings is 1. The number of carbonyl (C=O) groups is 4. The highest BCUT2D eigenvalue weighted by atomic mass is 35.5. The van der Waals surface area contributed by atoms with Crippen molar-refractivity contribution in [3.8, 4) is 11.5 Å². The molecule has 1 saturated heterocycles. The number of carboxylic acids is 1. The maximum absolute atomic E-state index is 13.3. The van der Waals surface area contributed by atoms with Crippen molar-refractivity contribution in [2.75, 3.05) is 23.8 Å². The lowest BCUT2D eigenvalue weighted by Gasteiger charge is -2.49. The molecule has 3 amide bonds. The monoisotopic (exact) mass is 727 g/mol. The maximum atomic E-state index is 13.3. The minimum atomic E-state index is -1.26. The molecule has 0 bridgehead atoms. The highest BCUT2D eigenvalue weighted by molar-refractivity contribution is 8.01. The average molecular weight is 728 g/mol. The molecule has 22 heteroatoms. The first-order valence-corrected chi connectivity index (χ1v) is 16.3. The number of thiazole rings is 1. The fourth-order valence-corrected chi connectivity index (χ4v) is 7.49. The molecule has 3 aromatic rings. The van der Waals surface area contributed by atoms with Crippen LogP contribution in [0.15, 0.2) is 55.0 Å². The van der Waals surface area contributed by atoms with E-state index in [0.717, 1.165) is 16.2 Å². The normalized spacial score (nSPS) is 17.6. The van der Waals surface area contributed by atoms with Crippen molar-refractivity contribution in [1.29, 1.82) is 0 Å². The molecule has 2 atom stereocenters. The summed E-state index contributed by atoms with van der Waals surface area (Å²) < 4.78 is 0.664.